The summed E-state index contributed by atoms with van der Waals surface area (Å²) in [6, 6.07) is 3.89. The van der Waals surface area contributed by atoms with E-state index < -0.39 is 5.60 Å². The van der Waals surface area contributed by atoms with Gasteiger partial charge < -0.3 is 14.9 Å². The molecule has 1 amide bonds. The molecule has 1 aromatic heterocycles. The fraction of sp³-hybridized carbons (Fsp3) is 0.647. The maximum absolute atomic E-state index is 12.3. The van der Waals surface area contributed by atoms with Crippen molar-refractivity contribution in [3.05, 3.63) is 30.1 Å². The van der Waals surface area contributed by atoms with Crippen LogP contribution in [0.2, 0.25) is 0 Å². The third-order valence-electron chi connectivity index (χ3n) is 4.75. The molecule has 2 aliphatic rings. The molecule has 2 aliphatic heterocycles. The highest BCUT2D eigenvalue weighted by molar-refractivity contribution is 5.76. The maximum atomic E-state index is 12.3. The Balaban J connectivity index is 1.47. The summed E-state index contributed by atoms with van der Waals surface area (Å²) in [6.45, 7) is 4.03. The van der Waals surface area contributed by atoms with Crippen LogP contribution in [-0.2, 0) is 11.2 Å². The summed E-state index contributed by atoms with van der Waals surface area (Å²) >= 11 is 0. The molecule has 0 spiro atoms. The van der Waals surface area contributed by atoms with Gasteiger partial charge in [-0.1, -0.05) is 6.07 Å². The average Bonchev–Trinajstić information content (AvgIpc) is 3.16. The van der Waals surface area contributed by atoms with Crippen LogP contribution in [0, 0.1) is 0 Å². The number of amides is 1. The summed E-state index contributed by atoms with van der Waals surface area (Å²) in [5, 5.41) is 10.7. The van der Waals surface area contributed by atoms with Gasteiger partial charge in [0.2, 0.25) is 5.91 Å². The lowest BCUT2D eigenvalue weighted by atomic mass is 10.0. The molecule has 0 saturated carbocycles. The van der Waals surface area contributed by atoms with Crippen LogP contribution in [-0.4, -0.2) is 64.1 Å². The summed E-state index contributed by atoms with van der Waals surface area (Å²) in [4.78, 5) is 20.5. The molecule has 0 aromatic carbocycles. The first-order valence-electron chi connectivity index (χ1n) is 8.26. The van der Waals surface area contributed by atoms with Crippen LogP contribution in [0.3, 0.4) is 0 Å². The van der Waals surface area contributed by atoms with E-state index in [2.05, 4.69) is 9.88 Å². The van der Waals surface area contributed by atoms with Crippen LogP contribution in [0.25, 0.3) is 0 Å². The number of aliphatic hydroxyl groups is 1. The van der Waals surface area contributed by atoms with Gasteiger partial charge >= 0.3 is 0 Å². The van der Waals surface area contributed by atoms with Crippen LogP contribution >= 0.6 is 0 Å². The number of β-amino-alcohol motifs (C(OH)–C–C–N with tert-alkyl or cyclic N) is 1. The summed E-state index contributed by atoms with van der Waals surface area (Å²) in [7, 11) is 0. The Kier molecular flexibility index (Phi) is 4.74. The Morgan fingerprint density at radius 3 is 2.86 bits per heavy atom. The van der Waals surface area contributed by atoms with Gasteiger partial charge in [-0.25, -0.2) is 0 Å². The highest BCUT2D eigenvalue weighted by atomic mass is 16.3. The first-order valence-corrected chi connectivity index (χ1v) is 8.26. The third-order valence-corrected chi connectivity index (χ3v) is 4.75. The fourth-order valence-corrected chi connectivity index (χ4v) is 3.51. The Morgan fingerprint density at radius 1 is 1.32 bits per heavy atom. The summed E-state index contributed by atoms with van der Waals surface area (Å²) in [5.41, 5.74) is 0.372. The number of pyridine rings is 1. The van der Waals surface area contributed by atoms with Gasteiger partial charge in [0.15, 0.2) is 0 Å². The molecule has 1 N–H and O–H groups in total. The summed E-state index contributed by atoms with van der Waals surface area (Å²) in [6.07, 6.45) is 7.90. The van der Waals surface area contributed by atoms with E-state index in [0.717, 1.165) is 18.7 Å². The molecular formula is C17H25N3O2. The van der Waals surface area contributed by atoms with E-state index in [1.54, 1.807) is 12.4 Å². The van der Waals surface area contributed by atoms with Crippen molar-refractivity contribution in [1.82, 2.24) is 14.8 Å². The summed E-state index contributed by atoms with van der Waals surface area (Å²) in [5.74, 6) is 0.140. The van der Waals surface area contributed by atoms with E-state index in [1.165, 1.54) is 12.8 Å². The van der Waals surface area contributed by atoms with Crippen LogP contribution < -0.4 is 0 Å². The molecule has 0 aliphatic carbocycles. The van der Waals surface area contributed by atoms with Gasteiger partial charge in [0.25, 0.3) is 0 Å². The monoisotopic (exact) mass is 303 g/mol. The number of hydrogen-bond donors (Lipinski definition) is 1. The minimum absolute atomic E-state index is 0.140. The van der Waals surface area contributed by atoms with Crippen molar-refractivity contribution in [2.24, 2.45) is 0 Å². The van der Waals surface area contributed by atoms with E-state index in [4.69, 9.17) is 0 Å². The molecule has 5 nitrogen and oxygen atoms in total. The van der Waals surface area contributed by atoms with Gasteiger partial charge in [0.1, 0.15) is 0 Å². The van der Waals surface area contributed by atoms with E-state index >= 15 is 0 Å². The lowest BCUT2D eigenvalue weighted by Crippen LogP contribution is -2.45. The minimum atomic E-state index is -0.714. The molecular weight excluding hydrogens is 278 g/mol. The van der Waals surface area contributed by atoms with Crippen molar-refractivity contribution in [2.45, 2.75) is 37.7 Å². The second-order valence-corrected chi connectivity index (χ2v) is 6.63. The van der Waals surface area contributed by atoms with Crippen molar-refractivity contribution < 1.29 is 9.90 Å². The normalized spacial score (nSPS) is 25.8. The number of aromatic nitrogens is 1. The number of likely N-dealkylation sites (tertiary alicyclic amines) is 2. The molecule has 0 radical (unpaired) electrons. The molecule has 120 valence electrons. The van der Waals surface area contributed by atoms with Crippen molar-refractivity contribution in [2.75, 3.05) is 32.7 Å². The highest BCUT2D eigenvalue weighted by Crippen LogP contribution is 2.25. The molecule has 2 saturated heterocycles. The predicted octanol–water partition coefficient (Wildman–Crippen LogP) is 1.07. The maximum Gasteiger partial charge on any atom is 0.223 e. The number of aryl methyl sites for hydroxylation is 1. The highest BCUT2D eigenvalue weighted by Gasteiger charge is 2.39. The zero-order valence-corrected chi connectivity index (χ0v) is 13.1. The zero-order valence-electron chi connectivity index (χ0n) is 13.1. The van der Waals surface area contributed by atoms with Gasteiger partial charge in [-0.2, -0.15) is 0 Å². The SMILES string of the molecule is O=C(CCc1cccnc1)N1CC[C@@](O)(CN2CCCC2)C1. The van der Waals surface area contributed by atoms with Crippen LogP contribution in [0.1, 0.15) is 31.2 Å². The quantitative estimate of drug-likeness (QED) is 0.884. The molecule has 0 unspecified atom stereocenters. The van der Waals surface area contributed by atoms with Crippen LogP contribution in [0.4, 0.5) is 0 Å². The van der Waals surface area contributed by atoms with Crippen molar-refractivity contribution in [3.63, 3.8) is 0 Å². The van der Waals surface area contributed by atoms with Gasteiger partial charge in [-0.05, 0) is 50.4 Å². The largest absolute Gasteiger partial charge is 0.387 e. The van der Waals surface area contributed by atoms with Crippen molar-refractivity contribution in [3.8, 4) is 0 Å². The second kappa shape index (κ2) is 6.75. The van der Waals surface area contributed by atoms with Gasteiger partial charge in [0, 0.05) is 31.9 Å². The first kappa shape index (κ1) is 15.4. The van der Waals surface area contributed by atoms with Crippen LogP contribution in [0.5, 0.6) is 0 Å². The minimum Gasteiger partial charge on any atom is -0.387 e. The number of nitrogens with zero attached hydrogens (tertiary/aromatic N) is 3. The third kappa shape index (κ3) is 3.84. The van der Waals surface area contributed by atoms with Crippen molar-refractivity contribution in [1.29, 1.82) is 0 Å². The summed E-state index contributed by atoms with van der Waals surface area (Å²) < 4.78 is 0. The number of rotatable bonds is 5. The topological polar surface area (TPSA) is 56.7 Å². The lowest BCUT2D eigenvalue weighted by molar-refractivity contribution is -0.131. The molecule has 1 aromatic rings. The van der Waals surface area contributed by atoms with Gasteiger partial charge in [-0.15, -0.1) is 0 Å². The Labute approximate surface area is 131 Å². The van der Waals surface area contributed by atoms with Crippen LogP contribution in [0.15, 0.2) is 24.5 Å². The number of carbonyl (C=O) groups excluding carboxylic acids is 1. The molecule has 0 bridgehead atoms. The first-order chi connectivity index (χ1) is 10.6. The van der Waals surface area contributed by atoms with E-state index in [-0.39, 0.29) is 5.91 Å². The Bertz CT molecular complexity index is 502. The van der Waals surface area contributed by atoms with Gasteiger partial charge in [-0.3, -0.25) is 9.78 Å². The molecule has 1 atom stereocenters. The Hall–Kier alpha value is -1.46. The average molecular weight is 303 g/mol. The Morgan fingerprint density at radius 2 is 2.14 bits per heavy atom. The second-order valence-electron chi connectivity index (χ2n) is 6.63. The molecule has 3 heterocycles. The van der Waals surface area contributed by atoms with Crippen molar-refractivity contribution >= 4 is 5.91 Å². The molecule has 3 rings (SSSR count). The van der Waals surface area contributed by atoms with E-state index in [0.29, 0.717) is 38.9 Å². The smallest absolute Gasteiger partial charge is 0.223 e. The number of hydrogen-bond acceptors (Lipinski definition) is 4. The van der Waals surface area contributed by atoms with Gasteiger partial charge in [0.05, 0.1) is 12.1 Å². The van der Waals surface area contributed by atoms with E-state index in [9.17, 15) is 9.90 Å². The molecule has 5 heteroatoms. The van der Waals surface area contributed by atoms with E-state index in [1.807, 2.05) is 17.0 Å². The molecule has 2 fully saturated rings. The fourth-order valence-electron chi connectivity index (χ4n) is 3.51. The molecule has 22 heavy (non-hydrogen) atoms. The standard InChI is InChI=1S/C17H25N3O2/c21-16(6-5-15-4-3-8-18-12-15)20-11-7-17(22,14-20)13-19-9-1-2-10-19/h3-4,8,12,22H,1-2,5-7,9-11,13-14H2/t17-/m1/s1. The number of carbonyl (C=O) groups is 1. The predicted molar refractivity (Wildman–Crippen MR) is 84.4 cm³/mol. The zero-order chi connectivity index (χ0) is 15.4. The lowest BCUT2D eigenvalue weighted by Gasteiger charge is -2.28.